The van der Waals surface area contributed by atoms with Crippen molar-refractivity contribution in [3.63, 3.8) is 0 Å². The van der Waals surface area contributed by atoms with Gasteiger partial charge in [-0.2, -0.15) is 0 Å². The Kier molecular flexibility index (Phi) is 7.27. The van der Waals surface area contributed by atoms with Gasteiger partial charge in [0.2, 0.25) is 5.91 Å². The first-order valence-corrected chi connectivity index (χ1v) is 9.21. The van der Waals surface area contributed by atoms with Gasteiger partial charge in [0.25, 0.3) is 5.91 Å². The zero-order valence-electron chi connectivity index (χ0n) is 12.6. The SMILES string of the molecule is O=C(CCCNC(=O)c1ccc(Cl)cc1)Nc1cc(Br)ccc1Br. The van der Waals surface area contributed by atoms with Crippen LogP contribution in [0.15, 0.2) is 51.4 Å². The van der Waals surface area contributed by atoms with Crippen molar-refractivity contribution < 1.29 is 9.59 Å². The van der Waals surface area contributed by atoms with E-state index in [2.05, 4.69) is 42.5 Å². The summed E-state index contributed by atoms with van der Waals surface area (Å²) in [6.45, 7) is 0.425. The average Bonchev–Trinajstić information content (AvgIpc) is 2.55. The van der Waals surface area contributed by atoms with Crippen LogP contribution in [0, 0.1) is 0 Å². The fourth-order valence-corrected chi connectivity index (χ4v) is 2.79. The van der Waals surface area contributed by atoms with Crippen molar-refractivity contribution >= 4 is 61.0 Å². The van der Waals surface area contributed by atoms with Crippen LogP contribution in [-0.4, -0.2) is 18.4 Å². The highest BCUT2D eigenvalue weighted by Crippen LogP contribution is 2.26. The standard InChI is InChI=1S/C17H15Br2ClN2O2/c18-12-5-8-14(19)15(10-12)22-16(23)2-1-9-21-17(24)11-3-6-13(20)7-4-11/h3-8,10H,1-2,9H2,(H,21,24)(H,22,23). The molecule has 2 aromatic rings. The van der Waals surface area contributed by atoms with Crippen LogP contribution < -0.4 is 10.6 Å². The molecule has 2 aromatic carbocycles. The summed E-state index contributed by atoms with van der Waals surface area (Å²) in [5.74, 6) is -0.281. The van der Waals surface area contributed by atoms with E-state index < -0.39 is 0 Å². The molecule has 0 unspecified atom stereocenters. The van der Waals surface area contributed by atoms with E-state index in [0.29, 0.717) is 35.7 Å². The fourth-order valence-electron chi connectivity index (χ4n) is 1.96. The molecule has 7 heteroatoms. The predicted molar refractivity (Wildman–Crippen MR) is 103 cm³/mol. The van der Waals surface area contributed by atoms with E-state index in [0.717, 1.165) is 8.95 Å². The Balaban J connectivity index is 1.73. The molecule has 0 radical (unpaired) electrons. The van der Waals surface area contributed by atoms with E-state index in [1.807, 2.05) is 18.2 Å². The predicted octanol–water partition coefficient (Wildman–Crippen LogP) is 5.01. The maximum absolute atomic E-state index is 12.0. The van der Waals surface area contributed by atoms with Crippen LogP contribution in [0.1, 0.15) is 23.2 Å². The molecule has 0 aliphatic rings. The van der Waals surface area contributed by atoms with Gasteiger partial charge in [-0.25, -0.2) is 0 Å². The van der Waals surface area contributed by atoms with E-state index in [9.17, 15) is 9.59 Å². The normalized spacial score (nSPS) is 10.3. The van der Waals surface area contributed by atoms with E-state index in [1.165, 1.54) is 0 Å². The summed E-state index contributed by atoms with van der Waals surface area (Å²) in [5, 5.41) is 6.20. The summed E-state index contributed by atoms with van der Waals surface area (Å²) in [6.07, 6.45) is 0.872. The van der Waals surface area contributed by atoms with Gasteiger partial charge < -0.3 is 10.6 Å². The molecule has 0 fully saturated rings. The van der Waals surface area contributed by atoms with Gasteiger partial charge in [0.15, 0.2) is 0 Å². The van der Waals surface area contributed by atoms with Crippen molar-refractivity contribution in [1.82, 2.24) is 5.32 Å². The lowest BCUT2D eigenvalue weighted by atomic mass is 10.2. The monoisotopic (exact) mass is 472 g/mol. The summed E-state index contributed by atoms with van der Waals surface area (Å²) in [7, 11) is 0. The number of benzene rings is 2. The molecule has 2 N–H and O–H groups in total. The van der Waals surface area contributed by atoms with Crippen LogP contribution in [0.25, 0.3) is 0 Å². The van der Waals surface area contributed by atoms with Crippen LogP contribution in [0.5, 0.6) is 0 Å². The molecule has 0 saturated carbocycles. The van der Waals surface area contributed by atoms with Gasteiger partial charge in [-0.15, -0.1) is 0 Å². The molecular formula is C17H15Br2ClN2O2. The van der Waals surface area contributed by atoms with Gasteiger partial charge in [0, 0.05) is 32.5 Å². The first kappa shape index (κ1) is 19.0. The summed E-state index contributed by atoms with van der Waals surface area (Å²) < 4.78 is 1.70. The largest absolute Gasteiger partial charge is 0.352 e. The third-order valence-corrected chi connectivity index (χ3v) is 4.61. The Bertz CT molecular complexity index is 736. The molecule has 4 nitrogen and oxygen atoms in total. The highest BCUT2D eigenvalue weighted by Gasteiger charge is 2.08. The number of carbonyl (C=O) groups excluding carboxylic acids is 2. The lowest BCUT2D eigenvalue weighted by Crippen LogP contribution is -2.25. The number of carbonyl (C=O) groups is 2. The minimum Gasteiger partial charge on any atom is -0.352 e. The molecule has 0 aromatic heterocycles. The Hall–Kier alpha value is -1.37. The number of halogens is 3. The molecule has 2 amide bonds. The molecule has 0 aliphatic carbocycles. The summed E-state index contributed by atoms with van der Waals surface area (Å²) in [6, 6.07) is 12.2. The Labute approximate surface area is 162 Å². The second-order valence-electron chi connectivity index (χ2n) is 5.04. The lowest BCUT2D eigenvalue weighted by Gasteiger charge is -2.08. The summed E-state index contributed by atoms with van der Waals surface area (Å²) >= 11 is 12.5. The van der Waals surface area contributed by atoms with Gasteiger partial charge in [-0.05, 0) is 64.8 Å². The number of hydrogen-bond donors (Lipinski definition) is 2. The molecule has 0 bridgehead atoms. The second kappa shape index (κ2) is 9.20. The molecule has 0 spiro atoms. The summed E-state index contributed by atoms with van der Waals surface area (Å²) in [4.78, 5) is 23.9. The van der Waals surface area contributed by atoms with Crippen molar-refractivity contribution in [1.29, 1.82) is 0 Å². The zero-order valence-corrected chi connectivity index (χ0v) is 16.5. The first-order valence-electron chi connectivity index (χ1n) is 7.24. The molecule has 0 aliphatic heterocycles. The maximum atomic E-state index is 12.0. The first-order chi connectivity index (χ1) is 11.5. The molecule has 0 atom stereocenters. The van der Waals surface area contributed by atoms with E-state index in [1.54, 1.807) is 24.3 Å². The van der Waals surface area contributed by atoms with Gasteiger partial charge in [-0.1, -0.05) is 27.5 Å². The zero-order chi connectivity index (χ0) is 17.5. The Morgan fingerprint density at radius 1 is 1.04 bits per heavy atom. The molecule has 0 heterocycles. The number of anilines is 1. The smallest absolute Gasteiger partial charge is 0.251 e. The van der Waals surface area contributed by atoms with Crippen LogP contribution in [0.3, 0.4) is 0 Å². The molecule has 2 rings (SSSR count). The second-order valence-corrected chi connectivity index (χ2v) is 7.25. The quantitative estimate of drug-likeness (QED) is 0.578. The van der Waals surface area contributed by atoms with Crippen LogP contribution in [0.2, 0.25) is 5.02 Å². The minimum absolute atomic E-state index is 0.102. The number of rotatable bonds is 6. The maximum Gasteiger partial charge on any atom is 0.251 e. The third kappa shape index (κ3) is 5.92. The molecule has 0 saturated heterocycles. The van der Waals surface area contributed by atoms with Crippen molar-refractivity contribution in [3.8, 4) is 0 Å². The number of amides is 2. The van der Waals surface area contributed by atoms with Crippen molar-refractivity contribution in [2.24, 2.45) is 0 Å². The van der Waals surface area contributed by atoms with Crippen LogP contribution >= 0.6 is 43.5 Å². The highest BCUT2D eigenvalue weighted by atomic mass is 79.9. The topological polar surface area (TPSA) is 58.2 Å². The van der Waals surface area contributed by atoms with Crippen LogP contribution in [-0.2, 0) is 4.79 Å². The van der Waals surface area contributed by atoms with Gasteiger partial charge in [-0.3, -0.25) is 9.59 Å². The van der Waals surface area contributed by atoms with Crippen LogP contribution in [0.4, 0.5) is 5.69 Å². The molecule has 24 heavy (non-hydrogen) atoms. The average molecular weight is 475 g/mol. The van der Waals surface area contributed by atoms with Crippen molar-refractivity contribution in [3.05, 3.63) is 62.0 Å². The Morgan fingerprint density at radius 2 is 1.75 bits per heavy atom. The Morgan fingerprint density at radius 3 is 2.46 bits per heavy atom. The fraction of sp³-hybridized carbons (Fsp3) is 0.176. The third-order valence-electron chi connectivity index (χ3n) is 3.18. The number of hydrogen-bond acceptors (Lipinski definition) is 2. The minimum atomic E-state index is -0.179. The molecular weight excluding hydrogens is 459 g/mol. The number of nitrogens with one attached hydrogen (secondary N) is 2. The van der Waals surface area contributed by atoms with E-state index in [-0.39, 0.29) is 11.8 Å². The van der Waals surface area contributed by atoms with E-state index in [4.69, 9.17) is 11.6 Å². The lowest BCUT2D eigenvalue weighted by molar-refractivity contribution is -0.116. The van der Waals surface area contributed by atoms with Crippen molar-refractivity contribution in [2.45, 2.75) is 12.8 Å². The van der Waals surface area contributed by atoms with E-state index >= 15 is 0 Å². The molecule has 126 valence electrons. The van der Waals surface area contributed by atoms with Gasteiger partial charge >= 0.3 is 0 Å². The highest BCUT2D eigenvalue weighted by molar-refractivity contribution is 9.11. The summed E-state index contributed by atoms with van der Waals surface area (Å²) in [5.41, 5.74) is 1.25. The van der Waals surface area contributed by atoms with Gasteiger partial charge in [0.1, 0.15) is 0 Å². The van der Waals surface area contributed by atoms with Crippen molar-refractivity contribution in [2.75, 3.05) is 11.9 Å². The van der Waals surface area contributed by atoms with Gasteiger partial charge in [0.05, 0.1) is 5.69 Å².